The van der Waals surface area contributed by atoms with Crippen LogP contribution in [0.2, 0.25) is 0 Å². The van der Waals surface area contributed by atoms with E-state index < -0.39 is 17.5 Å². The topological polar surface area (TPSA) is 79.7 Å². The molecule has 1 amide bonds. The summed E-state index contributed by atoms with van der Waals surface area (Å²) in [5.41, 5.74) is 1.58. The van der Waals surface area contributed by atoms with E-state index in [4.69, 9.17) is 4.74 Å². The number of aromatic nitrogens is 1. The van der Waals surface area contributed by atoms with Crippen molar-refractivity contribution in [2.75, 3.05) is 11.4 Å². The Morgan fingerprint density at radius 2 is 2.04 bits per heavy atom. The van der Waals surface area contributed by atoms with Crippen LogP contribution in [-0.2, 0) is 16.0 Å². The van der Waals surface area contributed by atoms with E-state index >= 15 is 0 Å². The van der Waals surface area contributed by atoms with Crippen LogP contribution in [0, 0.1) is 5.92 Å². The number of aliphatic carboxylic acids is 1. The van der Waals surface area contributed by atoms with Crippen LogP contribution < -0.4 is 4.90 Å². The average Bonchev–Trinajstić information content (AvgIpc) is 3.29. The number of nitrogens with zero attached hydrogens (tertiary/aromatic N) is 2. The van der Waals surface area contributed by atoms with Gasteiger partial charge in [-0.1, -0.05) is 0 Å². The molecule has 0 aromatic carbocycles. The molecular formula is C18H24N2O4. The molecule has 130 valence electrons. The first-order valence-electron chi connectivity index (χ1n) is 8.49. The molecule has 3 rings (SSSR count). The van der Waals surface area contributed by atoms with Crippen LogP contribution in [0.15, 0.2) is 12.1 Å². The summed E-state index contributed by atoms with van der Waals surface area (Å²) in [6.45, 7) is 6.10. The number of anilines is 1. The maximum atomic E-state index is 12.4. The summed E-state index contributed by atoms with van der Waals surface area (Å²) in [5, 5.41) is 9.48. The number of pyridine rings is 1. The maximum absolute atomic E-state index is 12.4. The van der Waals surface area contributed by atoms with Crippen molar-refractivity contribution in [3.05, 3.63) is 23.5 Å². The normalized spacial score (nSPS) is 18.7. The molecule has 0 bridgehead atoms. The molecule has 2 aliphatic rings. The zero-order chi connectivity index (χ0) is 17.5. The third kappa shape index (κ3) is 3.52. The van der Waals surface area contributed by atoms with Crippen molar-refractivity contribution < 1.29 is 19.4 Å². The number of ether oxygens (including phenoxy) is 1. The predicted octanol–water partition coefficient (Wildman–Crippen LogP) is 3.35. The lowest BCUT2D eigenvalue weighted by Crippen LogP contribution is -2.40. The van der Waals surface area contributed by atoms with Crippen LogP contribution in [0.3, 0.4) is 0 Å². The van der Waals surface area contributed by atoms with Gasteiger partial charge in [0.25, 0.3) is 0 Å². The molecule has 6 nitrogen and oxygen atoms in total. The molecular weight excluding hydrogens is 308 g/mol. The number of fused-ring (bicyclic) bond motifs is 1. The molecule has 0 spiro atoms. The van der Waals surface area contributed by atoms with Crippen molar-refractivity contribution in [1.82, 2.24) is 4.98 Å². The third-order valence-corrected chi connectivity index (χ3v) is 4.35. The Balaban J connectivity index is 1.87. The van der Waals surface area contributed by atoms with E-state index in [1.807, 2.05) is 26.8 Å². The van der Waals surface area contributed by atoms with Crippen LogP contribution in [0.25, 0.3) is 0 Å². The third-order valence-electron chi connectivity index (χ3n) is 4.35. The molecule has 6 heteroatoms. The SMILES string of the molecule is CC(C)(C)OC(=O)N1CCCc2nc(C(C(=O)O)C3CC3)ccc21. The molecule has 1 aliphatic carbocycles. The minimum atomic E-state index is -0.815. The zero-order valence-corrected chi connectivity index (χ0v) is 14.4. The molecule has 1 atom stereocenters. The summed E-state index contributed by atoms with van der Waals surface area (Å²) >= 11 is 0. The van der Waals surface area contributed by atoms with Gasteiger partial charge >= 0.3 is 12.1 Å². The van der Waals surface area contributed by atoms with E-state index in [0.717, 1.165) is 37.1 Å². The highest BCUT2D eigenvalue weighted by Crippen LogP contribution is 2.43. The molecule has 1 aromatic heterocycles. The smallest absolute Gasteiger partial charge is 0.414 e. The fraction of sp³-hybridized carbons (Fsp3) is 0.611. The second-order valence-electron chi connectivity index (χ2n) is 7.59. The van der Waals surface area contributed by atoms with Crippen LogP contribution >= 0.6 is 0 Å². The Morgan fingerprint density at radius 1 is 1.33 bits per heavy atom. The molecule has 1 aliphatic heterocycles. The van der Waals surface area contributed by atoms with E-state index in [1.165, 1.54) is 0 Å². The molecule has 1 aromatic rings. The van der Waals surface area contributed by atoms with Gasteiger partial charge in [-0.05, 0) is 64.5 Å². The first-order valence-corrected chi connectivity index (χ1v) is 8.49. The summed E-state index contributed by atoms with van der Waals surface area (Å²) in [7, 11) is 0. The zero-order valence-electron chi connectivity index (χ0n) is 14.4. The van der Waals surface area contributed by atoms with Gasteiger partial charge in [-0.3, -0.25) is 14.7 Å². The van der Waals surface area contributed by atoms with Gasteiger partial charge in [-0.25, -0.2) is 4.79 Å². The van der Waals surface area contributed by atoms with Crippen LogP contribution in [0.1, 0.15) is 57.3 Å². The van der Waals surface area contributed by atoms with Crippen molar-refractivity contribution in [3.8, 4) is 0 Å². The molecule has 1 unspecified atom stereocenters. The van der Waals surface area contributed by atoms with E-state index in [-0.39, 0.29) is 12.0 Å². The molecule has 1 saturated carbocycles. The molecule has 0 saturated heterocycles. The first-order chi connectivity index (χ1) is 11.3. The molecule has 1 fully saturated rings. The number of amides is 1. The van der Waals surface area contributed by atoms with Crippen LogP contribution in [0.5, 0.6) is 0 Å². The van der Waals surface area contributed by atoms with Crippen LogP contribution in [-0.4, -0.2) is 34.3 Å². The molecule has 0 radical (unpaired) electrons. The number of carbonyl (C=O) groups excluding carboxylic acids is 1. The van der Waals surface area contributed by atoms with Gasteiger partial charge in [-0.2, -0.15) is 0 Å². The quantitative estimate of drug-likeness (QED) is 0.918. The van der Waals surface area contributed by atoms with Crippen LogP contribution in [0.4, 0.5) is 10.5 Å². The highest BCUT2D eigenvalue weighted by Gasteiger charge is 2.39. The fourth-order valence-electron chi connectivity index (χ4n) is 3.14. The number of hydrogen-bond donors (Lipinski definition) is 1. The van der Waals surface area contributed by atoms with Crippen molar-refractivity contribution in [2.24, 2.45) is 5.92 Å². The number of aryl methyl sites for hydroxylation is 1. The van der Waals surface area contributed by atoms with E-state index in [0.29, 0.717) is 12.2 Å². The second-order valence-corrected chi connectivity index (χ2v) is 7.59. The maximum Gasteiger partial charge on any atom is 0.414 e. The summed E-state index contributed by atoms with van der Waals surface area (Å²) in [4.78, 5) is 30.2. The Kier molecular flexibility index (Phi) is 4.24. The number of hydrogen-bond acceptors (Lipinski definition) is 4. The van der Waals surface area contributed by atoms with E-state index in [2.05, 4.69) is 4.98 Å². The van der Waals surface area contributed by atoms with Gasteiger partial charge in [0.1, 0.15) is 11.5 Å². The highest BCUT2D eigenvalue weighted by atomic mass is 16.6. The summed E-state index contributed by atoms with van der Waals surface area (Å²) in [6, 6.07) is 3.57. The van der Waals surface area contributed by atoms with Gasteiger partial charge in [-0.15, -0.1) is 0 Å². The minimum Gasteiger partial charge on any atom is -0.481 e. The molecule has 2 heterocycles. The number of carboxylic acids is 1. The summed E-state index contributed by atoms with van der Waals surface area (Å²) in [5.74, 6) is -1.16. The predicted molar refractivity (Wildman–Crippen MR) is 89.2 cm³/mol. The lowest BCUT2D eigenvalue weighted by Gasteiger charge is -2.31. The van der Waals surface area contributed by atoms with Crippen molar-refractivity contribution >= 4 is 17.7 Å². The monoisotopic (exact) mass is 332 g/mol. The van der Waals surface area contributed by atoms with Crippen molar-refractivity contribution in [2.45, 2.75) is 58.0 Å². The average molecular weight is 332 g/mol. The lowest BCUT2D eigenvalue weighted by atomic mass is 9.97. The van der Waals surface area contributed by atoms with Gasteiger partial charge in [0.05, 0.1) is 17.1 Å². The number of rotatable bonds is 3. The van der Waals surface area contributed by atoms with Gasteiger partial charge in [0.2, 0.25) is 0 Å². The Hall–Kier alpha value is -2.11. The minimum absolute atomic E-state index is 0.193. The van der Waals surface area contributed by atoms with E-state index in [9.17, 15) is 14.7 Å². The summed E-state index contributed by atoms with van der Waals surface area (Å²) in [6.07, 6.45) is 3.05. The van der Waals surface area contributed by atoms with Gasteiger partial charge in [0, 0.05) is 6.54 Å². The number of carboxylic acid groups (broad SMARTS) is 1. The standard InChI is InChI=1S/C18H24N2O4/c1-18(2,3)24-17(23)20-10-4-5-12-14(20)9-8-13(19-12)15(16(21)22)11-6-7-11/h8-9,11,15H,4-7,10H2,1-3H3,(H,21,22). The highest BCUT2D eigenvalue weighted by molar-refractivity contribution is 5.89. The Labute approximate surface area is 141 Å². The van der Waals surface area contributed by atoms with Crippen molar-refractivity contribution in [3.63, 3.8) is 0 Å². The summed E-state index contributed by atoms with van der Waals surface area (Å²) < 4.78 is 5.46. The molecule has 24 heavy (non-hydrogen) atoms. The number of carbonyl (C=O) groups is 2. The van der Waals surface area contributed by atoms with Gasteiger partial charge < -0.3 is 9.84 Å². The fourth-order valence-corrected chi connectivity index (χ4v) is 3.14. The molecule has 1 N–H and O–H groups in total. The second kappa shape index (κ2) is 6.07. The van der Waals surface area contributed by atoms with E-state index in [1.54, 1.807) is 11.0 Å². The van der Waals surface area contributed by atoms with Crippen molar-refractivity contribution in [1.29, 1.82) is 0 Å². The lowest BCUT2D eigenvalue weighted by molar-refractivity contribution is -0.139. The Morgan fingerprint density at radius 3 is 2.62 bits per heavy atom. The largest absolute Gasteiger partial charge is 0.481 e. The first kappa shape index (κ1) is 16.7. The van der Waals surface area contributed by atoms with Gasteiger partial charge in [0.15, 0.2) is 0 Å². The Bertz CT molecular complexity index is 661.